The fraction of sp³-hybridized carbons (Fsp3) is 0.533. The number of carbonyl (C=O) groups excluding carboxylic acids is 1. The zero-order valence-corrected chi connectivity index (χ0v) is 11.5. The molecule has 1 saturated heterocycles. The lowest BCUT2D eigenvalue weighted by molar-refractivity contribution is 0.0900. The van der Waals surface area contributed by atoms with E-state index in [4.69, 9.17) is 9.47 Å². The molecule has 2 rings (SSSR count). The highest BCUT2D eigenvalue weighted by atomic mass is 16.5. The number of para-hydroxylation sites is 1. The summed E-state index contributed by atoms with van der Waals surface area (Å²) in [7, 11) is 1.63. The van der Waals surface area contributed by atoms with E-state index in [-0.39, 0.29) is 11.7 Å². The quantitative estimate of drug-likeness (QED) is 0.627. The first-order valence-corrected chi connectivity index (χ1v) is 6.69. The van der Waals surface area contributed by atoms with Crippen molar-refractivity contribution in [1.82, 2.24) is 5.32 Å². The van der Waals surface area contributed by atoms with Gasteiger partial charge in [-0.05, 0) is 24.6 Å². The summed E-state index contributed by atoms with van der Waals surface area (Å²) < 4.78 is 10.6. The summed E-state index contributed by atoms with van der Waals surface area (Å²) in [6.07, 6.45) is 0. The number of ether oxygens (including phenoxy) is 2. The molecule has 1 aliphatic rings. The van der Waals surface area contributed by atoms with Crippen LogP contribution in [0.25, 0.3) is 0 Å². The Morgan fingerprint density at radius 2 is 2.11 bits per heavy atom. The Morgan fingerprint density at radius 1 is 1.32 bits per heavy atom. The van der Waals surface area contributed by atoms with E-state index in [0.717, 1.165) is 13.1 Å². The molecule has 1 heterocycles. The Balaban J connectivity index is 2.12. The van der Waals surface area contributed by atoms with Crippen LogP contribution in [0, 0.1) is 11.8 Å². The second kappa shape index (κ2) is 6.68. The van der Waals surface area contributed by atoms with Gasteiger partial charge < -0.3 is 14.8 Å². The molecule has 0 bridgehead atoms. The van der Waals surface area contributed by atoms with E-state index in [1.807, 2.05) is 24.3 Å². The summed E-state index contributed by atoms with van der Waals surface area (Å²) in [4.78, 5) is 12.6. The van der Waals surface area contributed by atoms with Gasteiger partial charge in [-0.25, -0.2) is 0 Å². The maximum Gasteiger partial charge on any atom is 0.171 e. The molecule has 0 amide bonds. The monoisotopic (exact) mass is 263 g/mol. The van der Waals surface area contributed by atoms with Gasteiger partial charge in [-0.3, -0.25) is 4.79 Å². The Morgan fingerprint density at radius 3 is 2.79 bits per heavy atom. The van der Waals surface area contributed by atoms with Gasteiger partial charge in [0.25, 0.3) is 0 Å². The van der Waals surface area contributed by atoms with Crippen LogP contribution < -0.4 is 10.1 Å². The summed E-state index contributed by atoms with van der Waals surface area (Å²) in [5.74, 6) is 1.25. The van der Waals surface area contributed by atoms with Crippen LogP contribution in [-0.4, -0.2) is 39.2 Å². The molecule has 0 aliphatic carbocycles. The smallest absolute Gasteiger partial charge is 0.171 e. The van der Waals surface area contributed by atoms with E-state index < -0.39 is 0 Å². The molecule has 4 nitrogen and oxygen atoms in total. The van der Waals surface area contributed by atoms with Crippen LogP contribution in [0.4, 0.5) is 0 Å². The molecule has 1 aromatic rings. The van der Waals surface area contributed by atoms with Gasteiger partial charge in [0.1, 0.15) is 12.4 Å². The maximum atomic E-state index is 12.6. The molecule has 2 atom stereocenters. The van der Waals surface area contributed by atoms with Crippen molar-refractivity contribution in [3.63, 3.8) is 0 Å². The fourth-order valence-electron chi connectivity index (χ4n) is 2.39. The van der Waals surface area contributed by atoms with Crippen molar-refractivity contribution in [3.8, 4) is 5.75 Å². The predicted octanol–water partition coefficient (Wildman–Crippen LogP) is 1.75. The fourth-order valence-corrected chi connectivity index (χ4v) is 2.39. The summed E-state index contributed by atoms with van der Waals surface area (Å²) in [6.45, 7) is 4.75. The Hall–Kier alpha value is -1.39. The van der Waals surface area contributed by atoms with Gasteiger partial charge in [0, 0.05) is 19.6 Å². The van der Waals surface area contributed by atoms with Gasteiger partial charge in [0.05, 0.1) is 12.2 Å². The average molecular weight is 263 g/mol. The van der Waals surface area contributed by atoms with Crippen LogP contribution in [-0.2, 0) is 4.74 Å². The molecule has 19 heavy (non-hydrogen) atoms. The number of Topliss-reactive ketones (excluding diaryl/α,β-unsaturated/α-hetero) is 1. The molecule has 0 radical (unpaired) electrons. The highest BCUT2D eigenvalue weighted by Gasteiger charge is 2.31. The number of methoxy groups -OCH3 is 1. The van der Waals surface area contributed by atoms with Crippen LogP contribution in [0.1, 0.15) is 17.3 Å². The van der Waals surface area contributed by atoms with E-state index in [9.17, 15) is 4.79 Å². The molecular weight excluding hydrogens is 242 g/mol. The highest BCUT2D eigenvalue weighted by molar-refractivity contribution is 6.00. The summed E-state index contributed by atoms with van der Waals surface area (Å²) >= 11 is 0. The molecule has 1 aliphatic heterocycles. The van der Waals surface area contributed by atoms with E-state index >= 15 is 0 Å². The summed E-state index contributed by atoms with van der Waals surface area (Å²) in [5, 5.41) is 3.26. The van der Waals surface area contributed by atoms with Gasteiger partial charge in [-0.2, -0.15) is 0 Å². The molecule has 1 aromatic carbocycles. The van der Waals surface area contributed by atoms with Crippen LogP contribution >= 0.6 is 0 Å². The first kappa shape index (κ1) is 14.0. The molecule has 104 valence electrons. The van der Waals surface area contributed by atoms with E-state index in [1.54, 1.807) is 7.11 Å². The second-order valence-electron chi connectivity index (χ2n) is 4.94. The largest absolute Gasteiger partial charge is 0.490 e. The lowest BCUT2D eigenvalue weighted by Crippen LogP contribution is -2.22. The maximum absolute atomic E-state index is 12.6. The van der Waals surface area contributed by atoms with E-state index in [2.05, 4.69) is 12.2 Å². The zero-order valence-electron chi connectivity index (χ0n) is 11.5. The van der Waals surface area contributed by atoms with Gasteiger partial charge in [-0.15, -0.1) is 0 Å². The van der Waals surface area contributed by atoms with E-state index in [1.165, 1.54) is 0 Å². The molecule has 1 N–H and O–H groups in total. The highest BCUT2D eigenvalue weighted by Crippen LogP contribution is 2.26. The number of hydrogen-bond acceptors (Lipinski definition) is 4. The predicted molar refractivity (Wildman–Crippen MR) is 73.7 cm³/mol. The van der Waals surface area contributed by atoms with Crippen molar-refractivity contribution in [2.24, 2.45) is 11.8 Å². The van der Waals surface area contributed by atoms with Crippen molar-refractivity contribution in [2.75, 3.05) is 33.4 Å². The Kier molecular flexibility index (Phi) is 4.93. The standard InChI is InChI=1S/C15H21NO3/c1-11-9-16-10-13(11)15(17)12-5-3-4-6-14(12)19-8-7-18-2/h3-6,11,13,16H,7-10H2,1-2H3. The summed E-state index contributed by atoms with van der Waals surface area (Å²) in [5.41, 5.74) is 0.680. The second-order valence-corrected chi connectivity index (χ2v) is 4.94. The van der Waals surface area contributed by atoms with Crippen molar-refractivity contribution >= 4 is 5.78 Å². The van der Waals surface area contributed by atoms with Crippen molar-refractivity contribution in [2.45, 2.75) is 6.92 Å². The molecule has 0 spiro atoms. The number of nitrogens with one attached hydrogen (secondary N) is 1. The number of benzene rings is 1. The third kappa shape index (κ3) is 3.33. The summed E-state index contributed by atoms with van der Waals surface area (Å²) in [6, 6.07) is 7.45. The molecule has 0 saturated carbocycles. The molecule has 1 fully saturated rings. The van der Waals surface area contributed by atoms with Gasteiger partial charge >= 0.3 is 0 Å². The van der Waals surface area contributed by atoms with Crippen LogP contribution in [0.2, 0.25) is 0 Å². The SMILES string of the molecule is COCCOc1ccccc1C(=O)C1CNCC1C. The number of carbonyl (C=O) groups is 1. The number of ketones is 1. The zero-order chi connectivity index (χ0) is 13.7. The van der Waals surface area contributed by atoms with Crippen LogP contribution in [0.15, 0.2) is 24.3 Å². The van der Waals surface area contributed by atoms with Crippen molar-refractivity contribution in [3.05, 3.63) is 29.8 Å². The normalized spacial score (nSPS) is 22.4. The number of hydrogen-bond donors (Lipinski definition) is 1. The molecular formula is C15H21NO3. The lowest BCUT2D eigenvalue weighted by Gasteiger charge is -2.16. The van der Waals surface area contributed by atoms with Crippen molar-refractivity contribution < 1.29 is 14.3 Å². The molecule has 0 aromatic heterocycles. The Labute approximate surface area is 114 Å². The minimum absolute atomic E-state index is 0.0483. The van der Waals surface area contributed by atoms with Crippen LogP contribution in [0.3, 0.4) is 0 Å². The molecule has 4 heteroatoms. The first-order chi connectivity index (χ1) is 9.24. The third-order valence-corrected chi connectivity index (χ3v) is 3.55. The number of rotatable bonds is 6. The van der Waals surface area contributed by atoms with Gasteiger partial charge in [0.15, 0.2) is 5.78 Å². The van der Waals surface area contributed by atoms with Crippen LogP contribution in [0.5, 0.6) is 5.75 Å². The van der Waals surface area contributed by atoms with Crippen molar-refractivity contribution in [1.29, 1.82) is 0 Å². The molecule has 2 unspecified atom stereocenters. The minimum Gasteiger partial charge on any atom is -0.490 e. The van der Waals surface area contributed by atoms with Gasteiger partial charge in [-0.1, -0.05) is 19.1 Å². The topological polar surface area (TPSA) is 47.6 Å². The first-order valence-electron chi connectivity index (χ1n) is 6.69. The van der Waals surface area contributed by atoms with E-state index in [0.29, 0.717) is 30.4 Å². The average Bonchev–Trinajstić information content (AvgIpc) is 2.85. The minimum atomic E-state index is 0.0483. The Bertz CT molecular complexity index is 433. The third-order valence-electron chi connectivity index (χ3n) is 3.55. The van der Waals surface area contributed by atoms with Gasteiger partial charge in [0.2, 0.25) is 0 Å². The lowest BCUT2D eigenvalue weighted by atomic mass is 9.89.